The summed E-state index contributed by atoms with van der Waals surface area (Å²) >= 11 is 3.50. The highest BCUT2D eigenvalue weighted by molar-refractivity contribution is 9.10. The summed E-state index contributed by atoms with van der Waals surface area (Å²) in [5.41, 5.74) is 3.82. The molecule has 1 aliphatic carbocycles. The molecule has 0 bridgehead atoms. The third-order valence-electron chi connectivity index (χ3n) is 7.06. The number of aliphatic hydroxyl groups is 1. The number of ether oxygens (including phenoxy) is 1. The molecule has 5 rings (SSSR count). The fourth-order valence-corrected chi connectivity index (χ4v) is 5.63. The van der Waals surface area contributed by atoms with Gasteiger partial charge in [0.15, 0.2) is 5.78 Å². The number of aliphatic hydroxyl groups excluding tert-OH is 1. The van der Waals surface area contributed by atoms with Gasteiger partial charge in [-0.2, -0.15) is 0 Å². The number of amidine groups is 1. The standard InChI is InChI=1S/C31H29BrN2O3/c1-31(2)17-24-27(25(35)18-31)26(19-9-15-23(37-3)16-10-19)28(29(36)20-7-5-4-6-8-20)30(33)34(24)22-13-11-21(32)12-14-22/h4-16,26,33,36H,17-18H2,1-3H3/b29-28+,33-30?. The van der Waals surface area contributed by atoms with Gasteiger partial charge in [0, 0.05) is 44.9 Å². The zero-order valence-corrected chi connectivity index (χ0v) is 22.7. The quantitative estimate of drug-likeness (QED) is 0.323. The number of ketones is 1. The summed E-state index contributed by atoms with van der Waals surface area (Å²) in [6.07, 6.45) is 1.04. The molecule has 1 aliphatic heterocycles. The first-order valence-electron chi connectivity index (χ1n) is 12.2. The molecule has 1 atom stereocenters. The van der Waals surface area contributed by atoms with Crippen LogP contribution in [-0.2, 0) is 4.79 Å². The SMILES string of the molecule is COc1ccc(C2C3=C(CC(C)(C)CC3=O)N(c3ccc(Br)cc3)C(=N)/C2=C(/O)c2ccccc2)cc1. The topological polar surface area (TPSA) is 73.6 Å². The van der Waals surface area contributed by atoms with Crippen molar-refractivity contribution in [2.45, 2.75) is 32.6 Å². The monoisotopic (exact) mass is 556 g/mol. The molecule has 3 aromatic carbocycles. The van der Waals surface area contributed by atoms with Crippen LogP contribution in [0.2, 0.25) is 0 Å². The van der Waals surface area contributed by atoms with Gasteiger partial charge in [0.1, 0.15) is 17.3 Å². The average molecular weight is 557 g/mol. The van der Waals surface area contributed by atoms with Crippen LogP contribution in [0.15, 0.2) is 100 Å². The zero-order valence-electron chi connectivity index (χ0n) is 21.1. The maximum atomic E-state index is 13.9. The number of hydrogen-bond donors (Lipinski definition) is 2. The van der Waals surface area contributed by atoms with Crippen molar-refractivity contribution in [1.29, 1.82) is 5.41 Å². The Bertz CT molecular complexity index is 1420. The van der Waals surface area contributed by atoms with E-state index in [0.29, 0.717) is 35.3 Å². The smallest absolute Gasteiger partial charge is 0.162 e. The van der Waals surface area contributed by atoms with Gasteiger partial charge in [-0.3, -0.25) is 15.1 Å². The van der Waals surface area contributed by atoms with Crippen LogP contribution in [0, 0.1) is 10.8 Å². The molecule has 0 radical (unpaired) electrons. The van der Waals surface area contributed by atoms with Gasteiger partial charge in [0.25, 0.3) is 0 Å². The molecular weight excluding hydrogens is 528 g/mol. The molecule has 0 saturated heterocycles. The van der Waals surface area contributed by atoms with Crippen molar-refractivity contribution < 1.29 is 14.6 Å². The number of nitrogens with zero attached hydrogens (tertiary/aromatic N) is 1. The lowest BCUT2D eigenvalue weighted by molar-refractivity contribution is -0.118. The lowest BCUT2D eigenvalue weighted by Gasteiger charge is -2.45. The molecule has 6 heteroatoms. The highest BCUT2D eigenvalue weighted by Gasteiger charge is 2.46. The lowest BCUT2D eigenvalue weighted by Crippen LogP contribution is -2.45. The van der Waals surface area contributed by atoms with Gasteiger partial charge in [0.05, 0.1) is 7.11 Å². The van der Waals surface area contributed by atoms with Gasteiger partial charge in [-0.25, -0.2) is 0 Å². The van der Waals surface area contributed by atoms with Gasteiger partial charge in [-0.15, -0.1) is 0 Å². The predicted octanol–water partition coefficient (Wildman–Crippen LogP) is 7.65. The Morgan fingerprint density at radius 1 is 1.00 bits per heavy atom. The van der Waals surface area contributed by atoms with Crippen molar-refractivity contribution in [1.82, 2.24) is 0 Å². The molecule has 1 heterocycles. The van der Waals surface area contributed by atoms with E-state index in [4.69, 9.17) is 4.74 Å². The molecule has 2 aliphatic rings. The second kappa shape index (κ2) is 9.67. The molecule has 2 N–H and O–H groups in total. The molecule has 0 amide bonds. The van der Waals surface area contributed by atoms with E-state index in [1.807, 2.05) is 83.8 Å². The lowest BCUT2D eigenvalue weighted by atomic mass is 9.67. The molecule has 37 heavy (non-hydrogen) atoms. The first kappa shape index (κ1) is 25.0. The van der Waals surface area contributed by atoms with E-state index in [0.717, 1.165) is 21.4 Å². The second-order valence-electron chi connectivity index (χ2n) is 10.3. The van der Waals surface area contributed by atoms with Crippen molar-refractivity contribution in [3.63, 3.8) is 0 Å². The van der Waals surface area contributed by atoms with Crippen molar-refractivity contribution in [2.75, 3.05) is 12.0 Å². The van der Waals surface area contributed by atoms with Crippen LogP contribution in [0.5, 0.6) is 5.75 Å². The number of Topliss-reactive ketones (excluding diaryl/α,β-unsaturated/α-hetero) is 1. The molecule has 3 aromatic rings. The number of allylic oxidation sites excluding steroid dienone is 2. The van der Waals surface area contributed by atoms with Crippen LogP contribution >= 0.6 is 15.9 Å². The number of hydrogen-bond acceptors (Lipinski definition) is 4. The number of methoxy groups -OCH3 is 1. The third kappa shape index (κ3) is 4.62. The minimum Gasteiger partial charge on any atom is -0.507 e. The van der Waals surface area contributed by atoms with E-state index in [1.54, 1.807) is 7.11 Å². The number of halogens is 1. The maximum Gasteiger partial charge on any atom is 0.162 e. The van der Waals surface area contributed by atoms with Crippen LogP contribution in [0.3, 0.4) is 0 Å². The van der Waals surface area contributed by atoms with E-state index in [2.05, 4.69) is 29.8 Å². The van der Waals surface area contributed by atoms with Crippen LogP contribution in [0.1, 0.15) is 43.7 Å². The van der Waals surface area contributed by atoms with E-state index in [9.17, 15) is 15.3 Å². The molecule has 5 nitrogen and oxygen atoms in total. The molecular formula is C31H29BrN2O3. The van der Waals surface area contributed by atoms with E-state index in [1.165, 1.54) is 0 Å². The number of benzene rings is 3. The van der Waals surface area contributed by atoms with Crippen LogP contribution in [-0.4, -0.2) is 23.8 Å². The number of carbonyl (C=O) groups is 1. The molecule has 0 spiro atoms. The fourth-order valence-electron chi connectivity index (χ4n) is 5.37. The zero-order chi connectivity index (χ0) is 26.3. The number of anilines is 1. The van der Waals surface area contributed by atoms with Crippen LogP contribution < -0.4 is 9.64 Å². The van der Waals surface area contributed by atoms with Crippen molar-refractivity contribution in [2.24, 2.45) is 5.41 Å². The van der Waals surface area contributed by atoms with Crippen LogP contribution in [0.25, 0.3) is 5.76 Å². The fraction of sp³-hybridized carbons (Fsp3) is 0.226. The summed E-state index contributed by atoms with van der Waals surface area (Å²) in [6.45, 7) is 4.18. The Labute approximate surface area is 225 Å². The van der Waals surface area contributed by atoms with E-state index >= 15 is 0 Å². The first-order chi connectivity index (χ1) is 17.7. The Balaban J connectivity index is 1.83. The Morgan fingerprint density at radius 2 is 1.65 bits per heavy atom. The maximum absolute atomic E-state index is 13.9. The summed E-state index contributed by atoms with van der Waals surface area (Å²) < 4.78 is 6.29. The molecule has 0 aromatic heterocycles. The third-order valence-corrected chi connectivity index (χ3v) is 7.59. The Morgan fingerprint density at radius 3 is 2.27 bits per heavy atom. The largest absolute Gasteiger partial charge is 0.507 e. The van der Waals surface area contributed by atoms with E-state index < -0.39 is 5.92 Å². The Kier molecular flexibility index (Phi) is 6.54. The van der Waals surface area contributed by atoms with E-state index in [-0.39, 0.29) is 22.8 Å². The van der Waals surface area contributed by atoms with Gasteiger partial charge in [-0.1, -0.05) is 72.2 Å². The minimum absolute atomic E-state index is 0.00212. The highest BCUT2D eigenvalue weighted by Crippen LogP contribution is 2.51. The molecule has 188 valence electrons. The summed E-state index contributed by atoms with van der Waals surface area (Å²) in [6, 6.07) is 24.5. The molecule has 0 fully saturated rings. The second-order valence-corrected chi connectivity index (χ2v) is 11.2. The van der Waals surface area contributed by atoms with Gasteiger partial charge < -0.3 is 9.84 Å². The molecule has 0 saturated carbocycles. The average Bonchev–Trinajstić information content (AvgIpc) is 2.88. The predicted molar refractivity (Wildman–Crippen MR) is 151 cm³/mol. The highest BCUT2D eigenvalue weighted by atomic mass is 79.9. The summed E-state index contributed by atoms with van der Waals surface area (Å²) in [5, 5.41) is 21.2. The summed E-state index contributed by atoms with van der Waals surface area (Å²) in [7, 11) is 1.61. The van der Waals surface area contributed by atoms with Crippen molar-refractivity contribution in [3.05, 3.63) is 111 Å². The van der Waals surface area contributed by atoms with Gasteiger partial charge in [0.2, 0.25) is 0 Å². The van der Waals surface area contributed by atoms with Gasteiger partial charge in [-0.05, 0) is 53.8 Å². The summed E-state index contributed by atoms with van der Waals surface area (Å²) in [5.74, 6) is 0.324. The van der Waals surface area contributed by atoms with Crippen LogP contribution in [0.4, 0.5) is 5.69 Å². The Hall–Kier alpha value is -3.64. The number of rotatable bonds is 4. The van der Waals surface area contributed by atoms with Crippen molar-refractivity contribution >= 4 is 39.0 Å². The van der Waals surface area contributed by atoms with Gasteiger partial charge >= 0.3 is 0 Å². The number of carbonyl (C=O) groups excluding carboxylic acids is 1. The number of nitrogens with one attached hydrogen (secondary N) is 1. The summed E-state index contributed by atoms with van der Waals surface area (Å²) in [4.78, 5) is 15.7. The van der Waals surface area contributed by atoms with Crippen molar-refractivity contribution in [3.8, 4) is 5.75 Å². The molecule has 1 unspecified atom stereocenters. The minimum atomic E-state index is -0.580. The normalized spacial score (nSPS) is 20.5. The first-order valence-corrected chi connectivity index (χ1v) is 13.0.